The molecule has 19 heavy (non-hydrogen) atoms. The van der Waals surface area contributed by atoms with Crippen molar-refractivity contribution in [1.29, 1.82) is 0 Å². The van der Waals surface area contributed by atoms with Crippen LogP contribution in [0.1, 0.15) is 24.5 Å². The molecule has 0 saturated carbocycles. The number of benzene rings is 1. The molecule has 0 spiro atoms. The largest absolute Gasteiger partial charge is 0.419 e. The Hall–Kier alpha value is -0.750. The molecular formula is C13H17F4NS. The van der Waals surface area contributed by atoms with Gasteiger partial charge in [-0.15, -0.1) is 0 Å². The average molecular weight is 295 g/mol. The second kappa shape index (κ2) is 7.14. The average Bonchev–Trinajstić information content (AvgIpc) is 2.34. The Morgan fingerprint density at radius 3 is 2.58 bits per heavy atom. The van der Waals surface area contributed by atoms with Gasteiger partial charge in [0, 0.05) is 12.6 Å². The van der Waals surface area contributed by atoms with Crippen molar-refractivity contribution >= 4 is 11.8 Å². The third-order valence-corrected chi connectivity index (χ3v) is 3.39. The highest BCUT2D eigenvalue weighted by atomic mass is 32.2. The minimum atomic E-state index is -4.65. The first-order valence-corrected chi connectivity index (χ1v) is 7.32. The number of thioether (sulfide) groups is 1. The maximum Gasteiger partial charge on any atom is 0.419 e. The zero-order valence-electron chi connectivity index (χ0n) is 10.9. The Morgan fingerprint density at radius 2 is 2.00 bits per heavy atom. The van der Waals surface area contributed by atoms with Gasteiger partial charge < -0.3 is 5.32 Å². The third kappa shape index (κ3) is 5.40. The van der Waals surface area contributed by atoms with Crippen LogP contribution in [0.4, 0.5) is 17.6 Å². The van der Waals surface area contributed by atoms with E-state index in [2.05, 4.69) is 5.32 Å². The maximum absolute atomic E-state index is 13.1. The van der Waals surface area contributed by atoms with Crippen LogP contribution in [-0.2, 0) is 12.7 Å². The van der Waals surface area contributed by atoms with Crippen molar-refractivity contribution in [2.24, 2.45) is 0 Å². The first-order valence-electron chi connectivity index (χ1n) is 5.92. The number of alkyl halides is 3. The molecule has 1 unspecified atom stereocenters. The lowest BCUT2D eigenvalue weighted by Crippen LogP contribution is -2.26. The molecule has 0 aliphatic carbocycles. The lowest BCUT2D eigenvalue weighted by atomic mass is 10.1. The lowest BCUT2D eigenvalue weighted by Gasteiger charge is -2.14. The van der Waals surface area contributed by atoms with Gasteiger partial charge in [0.25, 0.3) is 0 Å². The van der Waals surface area contributed by atoms with Gasteiger partial charge in [0.15, 0.2) is 0 Å². The van der Waals surface area contributed by atoms with Gasteiger partial charge in [0.05, 0.1) is 5.56 Å². The van der Waals surface area contributed by atoms with Gasteiger partial charge in [0.1, 0.15) is 5.82 Å². The first kappa shape index (κ1) is 16.3. The Morgan fingerprint density at radius 1 is 1.32 bits per heavy atom. The van der Waals surface area contributed by atoms with Gasteiger partial charge >= 0.3 is 6.18 Å². The van der Waals surface area contributed by atoms with Crippen LogP contribution >= 0.6 is 11.8 Å². The summed E-state index contributed by atoms with van der Waals surface area (Å²) in [5, 5.41) is 3.13. The van der Waals surface area contributed by atoms with Gasteiger partial charge in [0.2, 0.25) is 0 Å². The van der Waals surface area contributed by atoms with Gasteiger partial charge in [-0.2, -0.15) is 24.9 Å². The van der Waals surface area contributed by atoms with Crippen LogP contribution < -0.4 is 5.32 Å². The molecule has 1 aromatic rings. The Labute approximate surface area is 114 Å². The van der Waals surface area contributed by atoms with Crippen LogP contribution in [0, 0.1) is 5.82 Å². The quantitative estimate of drug-likeness (QED) is 0.794. The van der Waals surface area contributed by atoms with Crippen LogP contribution in [0.3, 0.4) is 0 Å². The summed E-state index contributed by atoms with van der Waals surface area (Å²) in [5.41, 5.74) is -0.770. The summed E-state index contributed by atoms with van der Waals surface area (Å²) in [6.45, 7) is 2.28. The van der Waals surface area contributed by atoms with Crippen LogP contribution in [0.15, 0.2) is 18.2 Å². The van der Waals surface area contributed by atoms with Crippen LogP contribution in [0.25, 0.3) is 0 Å². The molecule has 6 heteroatoms. The van der Waals surface area contributed by atoms with Gasteiger partial charge in [-0.3, -0.25) is 0 Å². The minimum Gasteiger partial charge on any atom is -0.310 e. The normalized spacial score (nSPS) is 13.6. The molecule has 1 atom stereocenters. The number of rotatable bonds is 6. The fourth-order valence-electron chi connectivity index (χ4n) is 1.59. The van der Waals surface area contributed by atoms with Crippen molar-refractivity contribution in [2.45, 2.75) is 32.1 Å². The predicted octanol–water partition coefficient (Wildman–Crippen LogP) is 4.08. The molecule has 1 nitrogen and oxygen atoms in total. The summed E-state index contributed by atoms with van der Waals surface area (Å²) in [7, 11) is 0. The van der Waals surface area contributed by atoms with E-state index in [0.717, 1.165) is 24.3 Å². The zero-order valence-corrected chi connectivity index (χ0v) is 11.7. The van der Waals surface area contributed by atoms with Gasteiger partial charge in [-0.1, -0.05) is 6.07 Å². The molecule has 0 amide bonds. The molecule has 0 heterocycles. The van der Waals surface area contributed by atoms with Crippen LogP contribution in [0.2, 0.25) is 0 Å². The molecule has 0 aromatic heterocycles. The molecule has 108 valence electrons. The number of hydrogen-bond donors (Lipinski definition) is 1. The van der Waals surface area contributed by atoms with E-state index >= 15 is 0 Å². The Bertz CT molecular complexity index is 406. The summed E-state index contributed by atoms with van der Waals surface area (Å²) in [6, 6.07) is 3.32. The molecule has 0 aliphatic rings. The van der Waals surface area contributed by atoms with Crippen molar-refractivity contribution in [1.82, 2.24) is 5.32 Å². The van der Waals surface area contributed by atoms with Crippen LogP contribution in [-0.4, -0.2) is 18.1 Å². The van der Waals surface area contributed by atoms with E-state index < -0.39 is 17.6 Å². The molecule has 0 aliphatic heterocycles. The van der Waals surface area contributed by atoms with E-state index in [4.69, 9.17) is 0 Å². The smallest absolute Gasteiger partial charge is 0.310 e. The topological polar surface area (TPSA) is 12.0 Å². The summed E-state index contributed by atoms with van der Waals surface area (Å²) in [6.07, 6.45) is -1.71. The second-order valence-electron chi connectivity index (χ2n) is 4.38. The molecule has 1 aromatic carbocycles. The van der Waals surface area contributed by atoms with E-state index in [1.807, 2.05) is 13.2 Å². The van der Waals surface area contributed by atoms with Crippen molar-refractivity contribution in [3.8, 4) is 0 Å². The molecule has 1 N–H and O–H groups in total. The standard InChI is InChI=1S/C13H17F4NS/c1-9(5-6-19-2)18-8-10-3-4-12(14)11(7-10)13(15,16)17/h3-4,7,9,18H,5-6,8H2,1-2H3. The van der Waals surface area contributed by atoms with E-state index in [1.54, 1.807) is 11.8 Å². The Kier molecular flexibility index (Phi) is 6.13. The molecule has 0 bridgehead atoms. The minimum absolute atomic E-state index is 0.215. The monoisotopic (exact) mass is 295 g/mol. The highest BCUT2D eigenvalue weighted by molar-refractivity contribution is 7.98. The molecule has 0 fully saturated rings. The van der Waals surface area contributed by atoms with Crippen molar-refractivity contribution in [2.75, 3.05) is 12.0 Å². The molecule has 0 radical (unpaired) electrons. The molecule has 0 saturated heterocycles. The highest BCUT2D eigenvalue weighted by Crippen LogP contribution is 2.31. The van der Waals surface area contributed by atoms with E-state index in [-0.39, 0.29) is 6.04 Å². The maximum atomic E-state index is 13.1. The molecule has 1 rings (SSSR count). The number of hydrogen-bond acceptors (Lipinski definition) is 2. The third-order valence-electron chi connectivity index (χ3n) is 2.75. The fourth-order valence-corrected chi connectivity index (χ4v) is 2.18. The summed E-state index contributed by atoms with van der Waals surface area (Å²) in [4.78, 5) is 0. The number of nitrogens with one attached hydrogen (secondary N) is 1. The fraction of sp³-hybridized carbons (Fsp3) is 0.538. The first-order chi connectivity index (χ1) is 8.84. The van der Waals surface area contributed by atoms with Crippen molar-refractivity contribution in [3.05, 3.63) is 35.1 Å². The lowest BCUT2D eigenvalue weighted by molar-refractivity contribution is -0.140. The van der Waals surface area contributed by atoms with E-state index in [9.17, 15) is 17.6 Å². The van der Waals surface area contributed by atoms with E-state index in [1.165, 1.54) is 6.07 Å². The summed E-state index contributed by atoms with van der Waals surface area (Å²) >= 11 is 1.72. The summed E-state index contributed by atoms with van der Waals surface area (Å²) in [5.74, 6) is -0.238. The molecular weight excluding hydrogens is 278 g/mol. The summed E-state index contributed by atoms with van der Waals surface area (Å²) < 4.78 is 50.7. The number of halogens is 4. The van der Waals surface area contributed by atoms with Gasteiger partial charge in [-0.25, -0.2) is 4.39 Å². The SMILES string of the molecule is CSCCC(C)NCc1ccc(F)c(C(F)(F)F)c1. The van der Waals surface area contributed by atoms with Crippen LogP contribution in [0.5, 0.6) is 0 Å². The predicted molar refractivity (Wildman–Crippen MR) is 70.7 cm³/mol. The van der Waals surface area contributed by atoms with Crippen molar-refractivity contribution < 1.29 is 17.6 Å². The zero-order chi connectivity index (χ0) is 14.5. The highest BCUT2D eigenvalue weighted by Gasteiger charge is 2.34. The second-order valence-corrected chi connectivity index (χ2v) is 5.36. The van der Waals surface area contributed by atoms with E-state index in [0.29, 0.717) is 12.1 Å². The van der Waals surface area contributed by atoms with Crippen molar-refractivity contribution in [3.63, 3.8) is 0 Å². The van der Waals surface area contributed by atoms with Gasteiger partial charge in [-0.05, 0) is 43.0 Å². The Balaban J connectivity index is 2.65.